The third kappa shape index (κ3) is 3.35. The summed E-state index contributed by atoms with van der Waals surface area (Å²) in [4.78, 5) is 14.1. The highest BCUT2D eigenvalue weighted by Gasteiger charge is 2.24. The van der Waals surface area contributed by atoms with Gasteiger partial charge in [0.1, 0.15) is 0 Å². The molecule has 2 N–H and O–H groups in total. The third-order valence-electron chi connectivity index (χ3n) is 3.81. The number of benzene rings is 1. The summed E-state index contributed by atoms with van der Waals surface area (Å²) in [5.41, 5.74) is 3.34. The van der Waals surface area contributed by atoms with Crippen molar-refractivity contribution in [3.05, 3.63) is 53.3 Å². The normalized spacial score (nSPS) is 14.0. The van der Waals surface area contributed by atoms with Gasteiger partial charge in [-0.3, -0.25) is 14.4 Å². The smallest absolute Gasteiger partial charge is 0.234 e. The molecule has 6 nitrogen and oxygen atoms in total. The van der Waals surface area contributed by atoms with E-state index >= 15 is 0 Å². The maximum absolute atomic E-state index is 12.0. The van der Waals surface area contributed by atoms with E-state index in [4.69, 9.17) is 5.11 Å². The molecule has 0 atom stereocenters. The molecule has 116 valence electrons. The minimum Gasteiger partial charge on any atom is -0.394 e. The Kier molecular flexibility index (Phi) is 4.50. The lowest BCUT2D eigenvalue weighted by Crippen LogP contribution is -2.34. The van der Waals surface area contributed by atoms with E-state index in [-0.39, 0.29) is 12.5 Å². The van der Waals surface area contributed by atoms with Crippen LogP contribution in [0.2, 0.25) is 0 Å². The molecule has 2 aromatic rings. The van der Waals surface area contributed by atoms with E-state index in [1.54, 1.807) is 0 Å². The molecule has 3 rings (SSSR count). The first-order chi connectivity index (χ1) is 10.8. The number of fused-ring (bicyclic) bond motifs is 1. The second-order valence-corrected chi connectivity index (χ2v) is 5.47. The highest BCUT2D eigenvalue weighted by atomic mass is 16.3. The number of aliphatic hydroxyl groups is 1. The number of nitrogens with zero attached hydrogens (tertiary/aromatic N) is 3. The molecule has 1 amide bonds. The van der Waals surface area contributed by atoms with E-state index in [0.29, 0.717) is 26.2 Å². The van der Waals surface area contributed by atoms with Crippen LogP contribution in [0.3, 0.4) is 0 Å². The SMILES string of the molecule is O=C(CN1Cc2cnn(CCO)c2C1)NCc1ccccc1. The van der Waals surface area contributed by atoms with Gasteiger partial charge in [-0.1, -0.05) is 30.3 Å². The van der Waals surface area contributed by atoms with Gasteiger partial charge in [-0.2, -0.15) is 5.10 Å². The van der Waals surface area contributed by atoms with E-state index < -0.39 is 0 Å². The molecule has 0 saturated carbocycles. The summed E-state index contributed by atoms with van der Waals surface area (Å²) in [5, 5.41) is 16.2. The number of aromatic nitrogens is 2. The molecule has 6 heteroatoms. The maximum atomic E-state index is 12.0. The summed E-state index contributed by atoms with van der Waals surface area (Å²) in [7, 11) is 0. The van der Waals surface area contributed by atoms with Crippen molar-refractivity contribution in [1.29, 1.82) is 0 Å². The summed E-state index contributed by atoms with van der Waals surface area (Å²) >= 11 is 0. The Labute approximate surface area is 129 Å². The van der Waals surface area contributed by atoms with Crippen molar-refractivity contribution in [1.82, 2.24) is 20.0 Å². The lowest BCUT2D eigenvalue weighted by Gasteiger charge is -2.15. The van der Waals surface area contributed by atoms with E-state index in [9.17, 15) is 4.79 Å². The molecule has 0 aliphatic carbocycles. The number of amides is 1. The van der Waals surface area contributed by atoms with Crippen molar-refractivity contribution in [3.8, 4) is 0 Å². The van der Waals surface area contributed by atoms with E-state index in [1.807, 2.05) is 41.2 Å². The fourth-order valence-corrected chi connectivity index (χ4v) is 2.73. The summed E-state index contributed by atoms with van der Waals surface area (Å²) in [5.74, 6) is 0.0238. The third-order valence-corrected chi connectivity index (χ3v) is 3.81. The maximum Gasteiger partial charge on any atom is 0.234 e. The Morgan fingerprint density at radius 1 is 1.27 bits per heavy atom. The van der Waals surface area contributed by atoms with Gasteiger partial charge in [0.2, 0.25) is 5.91 Å². The average molecular weight is 300 g/mol. The topological polar surface area (TPSA) is 70.4 Å². The van der Waals surface area contributed by atoms with Crippen LogP contribution in [0.5, 0.6) is 0 Å². The molecule has 0 bridgehead atoms. The van der Waals surface area contributed by atoms with Crippen LogP contribution in [-0.2, 0) is 31.0 Å². The van der Waals surface area contributed by atoms with Crippen LogP contribution < -0.4 is 5.32 Å². The van der Waals surface area contributed by atoms with Crippen LogP contribution in [0.15, 0.2) is 36.5 Å². The zero-order chi connectivity index (χ0) is 15.4. The van der Waals surface area contributed by atoms with Crippen LogP contribution in [-0.4, -0.2) is 38.8 Å². The van der Waals surface area contributed by atoms with Crippen LogP contribution in [0.25, 0.3) is 0 Å². The number of rotatable bonds is 6. The molecule has 1 aromatic carbocycles. The van der Waals surface area contributed by atoms with Gasteiger partial charge in [-0.15, -0.1) is 0 Å². The van der Waals surface area contributed by atoms with Crippen LogP contribution in [0.4, 0.5) is 0 Å². The Morgan fingerprint density at radius 3 is 2.86 bits per heavy atom. The van der Waals surface area contributed by atoms with Crippen molar-refractivity contribution < 1.29 is 9.90 Å². The zero-order valence-electron chi connectivity index (χ0n) is 12.4. The van der Waals surface area contributed by atoms with Gasteiger partial charge in [0.25, 0.3) is 0 Å². The Morgan fingerprint density at radius 2 is 2.09 bits per heavy atom. The van der Waals surface area contributed by atoms with Gasteiger partial charge >= 0.3 is 0 Å². The number of aliphatic hydroxyl groups excluding tert-OH is 1. The molecule has 2 heterocycles. The largest absolute Gasteiger partial charge is 0.394 e. The fourth-order valence-electron chi connectivity index (χ4n) is 2.73. The number of carbonyl (C=O) groups is 1. The second kappa shape index (κ2) is 6.72. The number of hydrogen-bond acceptors (Lipinski definition) is 4. The van der Waals surface area contributed by atoms with Crippen LogP contribution >= 0.6 is 0 Å². The molecule has 0 fully saturated rings. The van der Waals surface area contributed by atoms with Crippen molar-refractivity contribution in [2.45, 2.75) is 26.2 Å². The molecular formula is C16H20N4O2. The minimum atomic E-state index is 0.0238. The van der Waals surface area contributed by atoms with Gasteiger partial charge in [-0.25, -0.2) is 0 Å². The summed E-state index contributed by atoms with van der Waals surface area (Å²) in [6.07, 6.45) is 1.83. The molecule has 0 spiro atoms. The molecule has 0 radical (unpaired) electrons. The quantitative estimate of drug-likeness (QED) is 0.815. The Hall–Kier alpha value is -2.18. The molecule has 1 aliphatic rings. The van der Waals surface area contributed by atoms with Gasteiger partial charge in [0.05, 0.1) is 31.6 Å². The Bertz CT molecular complexity index is 639. The number of nitrogens with one attached hydrogen (secondary N) is 1. The van der Waals surface area contributed by atoms with Crippen molar-refractivity contribution in [3.63, 3.8) is 0 Å². The van der Waals surface area contributed by atoms with E-state index in [0.717, 1.165) is 23.4 Å². The summed E-state index contributed by atoms with van der Waals surface area (Å²) < 4.78 is 1.82. The van der Waals surface area contributed by atoms with Gasteiger partial charge in [-0.05, 0) is 5.56 Å². The Balaban J connectivity index is 1.49. The molecule has 0 unspecified atom stereocenters. The highest BCUT2D eigenvalue weighted by molar-refractivity contribution is 5.78. The zero-order valence-corrected chi connectivity index (χ0v) is 12.4. The van der Waals surface area contributed by atoms with Gasteiger partial charge < -0.3 is 10.4 Å². The lowest BCUT2D eigenvalue weighted by molar-refractivity contribution is -0.122. The lowest BCUT2D eigenvalue weighted by atomic mass is 10.2. The highest BCUT2D eigenvalue weighted by Crippen LogP contribution is 2.21. The molecule has 1 aromatic heterocycles. The van der Waals surface area contributed by atoms with Crippen molar-refractivity contribution >= 4 is 5.91 Å². The summed E-state index contributed by atoms with van der Waals surface area (Å²) in [6, 6.07) is 9.88. The fraction of sp³-hybridized carbons (Fsp3) is 0.375. The number of carbonyl (C=O) groups excluding carboxylic acids is 1. The van der Waals surface area contributed by atoms with Gasteiger partial charge in [0, 0.05) is 25.2 Å². The predicted molar refractivity (Wildman–Crippen MR) is 81.7 cm³/mol. The standard InChI is InChI=1S/C16H20N4O2/c21-7-6-20-15-11-19(10-14(15)9-18-20)12-16(22)17-8-13-4-2-1-3-5-13/h1-5,9,21H,6-8,10-12H2,(H,17,22). The first kappa shape index (κ1) is 14.7. The van der Waals surface area contributed by atoms with Crippen molar-refractivity contribution in [2.75, 3.05) is 13.2 Å². The van der Waals surface area contributed by atoms with Crippen LogP contribution in [0.1, 0.15) is 16.8 Å². The molecule has 0 saturated heterocycles. The first-order valence-corrected chi connectivity index (χ1v) is 7.43. The second-order valence-electron chi connectivity index (χ2n) is 5.47. The summed E-state index contributed by atoms with van der Waals surface area (Å²) in [6.45, 7) is 2.95. The number of hydrogen-bond donors (Lipinski definition) is 2. The first-order valence-electron chi connectivity index (χ1n) is 7.43. The molecular weight excluding hydrogens is 280 g/mol. The molecule has 22 heavy (non-hydrogen) atoms. The molecule has 1 aliphatic heterocycles. The van der Waals surface area contributed by atoms with Gasteiger partial charge in [0.15, 0.2) is 0 Å². The van der Waals surface area contributed by atoms with E-state index in [1.165, 1.54) is 0 Å². The van der Waals surface area contributed by atoms with Crippen LogP contribution in [0, 0.1) is 0 Å². The van der Waals surface area contributed by atoms with Crippen molar-refractivity contribution in [2.24, 2.45) is 0 Å². The monoisotopic (exact) mass is 300 g/mol. The average Bonchev–Trinajstić information content (AvgIpc) is 3.08. The predicted octanol–water partition coefficient (Wildman–Crippen LogP) is 0.507. The van der Waals surface area contributed by atoms with E-state index in [2.05, 4.69) is 15.3 Å². The minimum absolute atomic E-state index is 0.0238.